The first-order valence-corrected chi connectivity index (χ1v) is 8.57. The van der Waals surface area contributed by atoms with Gasteiger partial charge in [-0.1, -0.05) is 40.4 Å². The van der Waals surface area contributed by atoms with Gasteiger partial charge in [0, 0.05) is 16.3 Å². The maximum Gasteiger partial charge on any atom is 0.141 e. The van der Waals surface area contributed by atoms with E-state index in [2.05, 4.69) is 31.9 Å². The number of rotatable bonds is 2. The second-order valence-electron chi connectivity index (χ2n) is 5.45. The number of hydrogen-bond acceptors (Lipinski definition) is 1. The molecule has 3 rings (SSSR count). The summed E-state index contributed by atoms with van der Waals surface area (Å²) in [4.78, 5) is 0.520. The van der Waals surface area contributed by atoms with Crippen molar-refractivity contribution < 1.29 is 9.13 Å². The van der Waals surface area contributed by atoms with Gasteiger partial charge in [0.15, 0.2) is 0 Å². The second-order valence-corrected chi connectivity index (χ2v) is 7.81. The van der Waals surface area contributed by atoms with E-state index in [1.54, 1.807) is 6.07 Å². The lowest BCUT2D eigenvalue weighted by atomic mass is 9.64. The van der Waals surface area contributed by atoms with E-state index in [0.717, 1.165) is 6.42 Å². The highest BCUT2D eigenvalue weighted by atomic mass is 79.9. The molecule has 2 saturated carbocycles. The largest absolute Gasteiger partial charge is 0.488 e. The molecule has 1 aromatic carbocycles. The van der Waals surface area contributed by atoms with Gasteiger partial charge < -0.3 is 4.74 Å². The van der Waals surface area contributed by atoms with Crippen molar-refractivity contribution in [2.24, 2.45) is 5.41 Å². The second kappa shape index (κ2) is 5.19. The highest BCUT2D eigenvalue weighted by Crippen LogP contribution is 2.58. The monoisotopic (exact) mass is 410 g/mol. The number of alkyl halides is 1. The fourth-order valence-electron chi connectivity index (χ4n) is 3.28. The van der Waals surface area contributed by atoms with Crippen LogP contribution in [-0.4, -0.2) is 10.9 Å². The molecule has 0 saturated heterocycles. The Hall–Kier alpha value is 0.200. The van der Waals surface area contributed by atoms with Crippen molar-refractivity contribution in [1.82, 2.24) is 0 Å². The molecule has 0 amide bonds. The van der Waals surface area contributed by atoms with Crippen LogP contribution < -0.4 is 4.74 Å². The molecule has 0 aromatic heterocycles. The van der Waals surface area contributed by atoms with E-state index in [-0.39, 0.29) is 17.3 Å². The predicted molar refractivity (Wildman–Crippen MR) is 81.8 cm³/mol. The SMILES string of the molecule is Fc1cc(OC2CC(Br)C23CCCC3)c(Cl)cc1Br. The number of ether oxygens (including phenoxy) is 1. The molecule has 2 unspecified atom stereocenters. The summed E-state index contributed by atoms with van der Waals surface area (Å²) >= 11 is 13.0. The fourth-order valence-corrected chi connectivity index (χ4v) is 5.06. The van der Waals surface area contributed by atoms with Crippen LogP contribution >= 0.6 is 43.5 Å². The van der Waals surface area contributed by atoms with Crippen molar-refractivity contribution in [2.45, 2.75) is 43.0 Å². The first-order chi connectivity index (χ1) is 9.03. The molecule has 19 heavy (non-hydrogen) atoms. The van der Waals surface area contributed by atoms with E-state index in [1.165, 1.54) is 31.7 Å². The maximum absolute atomic E-state index is 13.6. The van der Waals surface area contributed by atoms with Crippen LogP contribution in [0.4, 0.5) is 4.39 Å². The van der Waals surface area contributed by atoms with Gasteiger partial charge in [-0.25, -0.2) is 4.39 Å². The van der Waals surface area contributed by atoms with Gasteiger partial charge in [0.2, 0.25) is 0 Å². The molecular weight excluding hydrogens is 398 g/mol. The minimum absolute atomic E-state index is 0.150. The highest BCUT2D eigenvalue weighted by molar-refractivity contribution is 9.10. The minimum Gasteiger partial charge on any atom is -0.488 e. The lowest BCUT2D eigenvalue weighted by molar-refractivity contribution is -0.0304. The molecule has 0 bridgehead atoms. The van der Waals surface area contributed by atoms with Gasteiger partial charge in [0.1, 0.15) is 17.7 Å². The lowest BCUT2D eigenvalue weighted by Crippen LogP contribution is -2.55. The van der Waals surface area contributed by atoms with Crippen molar-refractivity contribution in [3.63, 3.8) is 0 Å². The number of hydrogen-bond donors (Lipinski definition) is 0. The Morgan fingerprint density at radius 3 is 2.63 bits per heavy atom. The van der Waals surface area contributed by atoms with Crippen LogP contribution in [0.5, 0.6) is 5.75 Å². The van der Waals surface area contributed by atoms with E-state index < -0.39 is 0 Å². The number of halogens is 4. The number of benzene rings is 1. The van der Waals surface area contributed by atoms with E-state index in [9.17, 15) is 4.39 Å². The van der Waals surface area contributed by atoms with Crippen LogP contribution in [0, 0.1) is 11.2 Å². The first-order valence-electron chi connectivity index (χ1n) is 6.48. The van der Waals surface area contributed by atoms with Crippen LogP contribution in [-0.2, 0) is 0 Å². The smallest absolute Gasteiger partial charge is 0.141 e. The molecule has 0 heterocycles. The molecule has 2 fully saturated rings. The van der Waals surface area contributed by atoms with Crippen LogP contribution in [0.3, 0.4) is 0 Å². The maximum atomic E-state index is 13.6. The van der Waals surface area contributed by atoms with Crippen LogP contribution in [0.15, 0.2) is 16.6 Å². The summed E-state index contributed by atoms with van der Waals surface area (Å²) in [5, 5.41) is 0.458. The molecule has 0 radical (unpaired) electrons. The van der Waals surface area contributed by atoms with E-state index in [1.807, 2.05) is 0 Å². The third-order valence-electron chi connectivity index (χ3n) is 4.46. The summed E-state index contributed by atoms with van der Waals surface area (Å²) in [7, 11) is 0. The molecule has 0 aliphatic heterocycles. The molecule has 1 spiro atoms. The van der Waals surface area contributed by atoms with Gasteiger partial charge in [0.05, 0.1) is 9.50 Å². The zero-order valence-corrected chi connectivity index (χ0v) is 14.2. The fraction of sp³-hybridized carbons (Fsp3) is 0.571. The predicted octanol–water partition coefficient (Wildman–Crippen LogP) is 5.72. The Labute approximate surface area is 134 Å². The summed E-state index contributed by atoms with van der Waals surface area (Å²) in [5.41, 5.74) is 0.229. The Balaban J connectivity index is 1.81. The van der Waals surface area contributed by atoms with Gasteiger partial charge >= 0.3 is 0 Å². The van der Waals surface area contributed by atoms with Gasteiger partial charge in [-0.3, -0.25) is 0 Å². The summed E-state index contributed by atoms with van der Waals surface area (Å²) in [5.74, 6) is 0.118. The van der Waals surface area contributed by atoms with Crippen LogP contribution in [0.2, 0.25) is 5.02 Å². The Kier molecular flexibility index (Phi) is 3.87. The third kappa shape index (κ3) is 2.34. The molecule has 0 N–H and O–H groups in total. The summed E-state index contributed by atoms with van der Waals surface area (Å²) in [6, 6.07) is 2.93. The van der Waals surface area contributed by atoms with Crippen molar-refractivity contribution in [3.8, 4) is 5.75 Å². The average Bonchev–Trinajstić information content (AvgIpc) is 2.87. The van der Waals surface area contributed by atoms with Gasteiger partial charge in [-0.2, -0.15) is 0 Å². The molecule has 1 aromatic rings. The van der Waals surface area contributed by atoms with Crippen molar-refractivity contribution in [2.75, 3.05) is 0 Å². The van der Waals surface area contributed by atoms with Gasteiger partial charge in [-0.15, -0.1) is 0 Å². The van der Waals surface area contributed by atoms with E-state index >= 15 is 0 Å². The lowest BCUT2D eigenvalue weighted by Gasteiger charge is -2.51. The molecular formula is C14H14Br2ClFO. The Morgan fingerprint density at radius 1 is 1.32 bits per heavy atom. The normalized spacial score (nSPS) is 28.4. The van der Waals surface area contributed by atoms with Gasteiger partial charge in [0.25, 0.3) is 0 Å². The zero-order chi connectivity index (χ0) is 13.6. The van der Waals surface area contributed by atoms with Crippen molar-refractivity contribution >= 4 is 43.5 Å². The van der Waals surface area contributed by atoms with Crippen molar-refractivity contribution in [1.29, 1.82) is 0 Å². The minimum atomic E-state index is -0.338. The standard InChI is InChI=1S/C14H14Br2ClFO/c15-8-5-9(17)11(6-10(8)18)19-13-7-12(16)14(13)3-1-2-4-14/h5-6,12-13H,1-4,7H2. The summed E-state index contributed by atoms with van der Waals surface area (Å²) < 4.78 is 20.0. The Bertz CT molecular complexity index is 502. The average molecular weight is 413 g/mol. The zero-order valence-electron chi connectivity index (χ0n) is 10.3. The topological polar surface area (TPSA) is 9.23 Å². The van der Waals surface area contributed by atoms with E-state index in [4.69, 9.17) is 16.3 Å². The molecule has 1 nitrogen and oxygen atoms in total. The molecule has 104 valence electrons. The van der Waals surface area contributed by atoms with Gasteiger partial charge in [-0.05, 0) is 41.3 Å². The molecule has 5 heteroatoms. The highest BCUT2D eigenvalue weighted by Gasteiger charge is 2.56. The molecule has 2 aliphatic carbocycles. The molecule has 2 aliphatic rings. The van der Waals surface area contributed by atoms with Crippen molar-refractivity contribution in [3.05, 3.63) is 27.4 Å². The quantitative estimate of drug-likeness (QED) is 0.446. The van der Waals surface area contributed by atoms with Crippen LogP contribution in [0.25, 0.3) is 0 Å². The summed E-state index contributed by atoms with van der Waals surface area (Å²) in [6.07, 6.45) is 5.99. The first kappa shape index (κ1) is 14.2. The van der Waals surface area contributed by atoms with E-state index in [0.29, 0.717) is 20.1 Å². The summed E-state index contributed by atoms with van der Waals surface area (Å²) in [6.45, 7) is 0. The third-order valence-corrected chi connectivity index (χ3v) is 6.65. The van der Waals surface area contributed by atoms with Crippen LogP contribution in [0.1, 0.15) is 32.1 Å². The molecule has 2 atom stereocenters. The Morgan fingerprint density at radius 2 is 2.00 bits per heavy atom.